The molecule has 1 heterocycles. The van der Waals surface area contributed by atoms with Gasteiger partial charge in [-0.3, -0.25) is 0 Å². The summed E-state index contributed by atoms with van der Waals surface area (Å²) in [5, 5.41) is 19.6. The lowest BCUT2D eigenvalue weighted by Gasteiger charge is -2.28. The van der Waals surface area contributed by atoms with E-state index in [9.17, 15) is 14.8 Å². The number of fused-ring (bicyclic) bond motifs is 1. The molecule has 0 unspecified atom stereocenters. The Kier molecular flexibility index (Phi) is 5.34. The molecule has 3 N–H and O–H groups in total. The van der Waals surface area contributed by atoms with Crippen molar-refractivity contribution in [3.05, 3.63) is 99.1 Å². The number of ether oxygens (including phenoxy) is 2. The van der Waals surface area contributed by atoms with Crippen LogP contribution < -0.4 is 15.2 Å². The standard InChI is InChI=1S/C23H16BrFN2O3/c24-14-5-8-20(29-12-13-3-1-2-4-19(13)25)17(9-14)22-16-7-6-15(28)10-21(16)30-23(27)18(22)11-26/h1-10,22,28H,12,27H2/t22-/m1/s1. The van der Waals surface area contributed by atoms with Crippen LogP contribution in [0.4, 0.5) is 4.39 Å². The van der Waals surface area contributed by atoms with Gasteiger partial charge in [-0.1, -0.05) is 40.2 Å². The van der Waals surface area contributed by atoms with Crippen LogP contribution in [-0.4, -0.2) is 5.11 Å². The van der Waals surface area contributed by atoms with Crippen LogP contribution in [0.25, 0.3) is 0 Å². The van der Waals surface area contributed by atoms with E-state index in [-0.39, 0.29) is 29.6 Å². The third kappa shape index (κ3) is 3.70. The van der Waals surface area contributed by atoms with Gasteiger partial charge in [0.05, 0.1) is 5.92 Å². The molecular formula is C23H16BrFN2O3. The molecule has 0 amide bonds. The van der Waals surface area contributed by atoms with Crippen molar-refractivity contribution in [1.82, 2.24) is 0 Å². The van der Waals surface area contributed by atoms with E-state index in [0.717, 1.165) is 4.47 Å². The van der Waals surface area contributed by atoms with Gasteiger partial charge in [-0.15, -0.1) is 0 Å². The van der Waals surface area contributed by atoms with Crippen LogP contribution in [0, 0.1) is 17.1 Å². The summed E-state index contributed by atoms with van der Waals surface area (Å²) in [7, 11) is 0. The lowest BCUT2D eigenvalue weighted by atomic mass is 9.83. The van der Waals surface area contributed by atoms with E-state index in [1.54, 1.807) is 36.4 Å². The Morgan fingerprint density at radius 1 is 1.13 bits per heavy atom. The highest BCUT2D eigenvalue weighted by molar-refractivity contribution is 9.10. The predicted octanol–water partition coefficient (Wildman–Crippen LogP) is 5.09. The minimum atomic E-state index is -0.576. The van der Waals surface area contributed by atoms with Crippen molar-refractivity contribution < 1.29 is 19.0 Å². The highest BCUT2D eigenvalue weighted by Crippen LogP contribution is 2.46. The zero-order chi connectivity index (χ0) is 21.3. The van der Waals surface area contributed by atoms with Gasteiger partial charge < -0.3 is 20.3 Å². The summed E-state index contributed by atoms with van der Waals surface area (Å²) in [5.41, 5.74) is 7.97. The number of allylic oxidation sites excluding steroid dienone is 1. The summed E-state index contributed by atoms with van der Waals surface area (Å²) in [6, 6.07) is 18.5. The number of nitriles is 1. The Balaban J connectivity index is 1.81. The van der Waals surface area contributed by atoms with E-state index in [2.05, 4.69) is 22.0 Å². The molecule has 0 aliphatic carbocycles. The van der Waals surface area contributed by atoms with Crippen LogP contribution in [0.1, 0.15) is 22.6 Å². The monoisotopic (exact) mass is 466 g/mol. The van der Waals surface area contributed by atoms with Gasteiger partial charge in [-0.2, -0.15) is 5.26 Å². The Bertz CT molecular complexity index is 1200. The fourth-order valence-electron chi connectivity index (χ4n) is 3.41. The molecule has 0 bridgehead atoms. The van der Waals surface area contributed by atoms with Gasteiger partial charge in [0.1, 0.15) is 41.3 Å². The fourth-order valence-corrected chi connectivity index (χ4v) is 3.79. The highest BCUT2D eigenvalue weighted by atomic mass is 79.9. The number of phenols is 1. The van der Waals surface area contributed by atoms with Crippen molar-refractivity contribution >= 4 is 15.9 Å². The first-order valence-electron chi connectivity index (χ1n) is 9.04. The number of halogens is 2. The number of rotatable bonds is 4. The van der Waals surface area contributed by atoms with Crippen LogP contribution in [0.3, 0.4) is 0 Å². The topological polar surface area (TPSA) is 88.5 Å². The smallest absolute Gasteiger partial charge is 0.205 e. The molecule has 0 fully saturated rings. The molecule has 0 spiro atoms. The number of aromatic hydroxyl groups is 1. The molecule has 1 aliphatic heterocycles. The molecule has 3 aromatic rings. The third-order valence-electron chi connectivity index (χ3n) is 4.83. The molecule has 4 rings (SSSR count). The number of phenolic OH excluding ortho intramolecular Hbond substituents is 1. The van der Waals surface area contributed by atoms with Gasteiger partial charge in [-0.25, -0.2) is 4.39 Å². The Morgan fingerprint density at radius 3 is 2.70 bits per heavy atom. The van der Waals surface area contributed by atoms with Crippen LogP contribution in [0.2, 0.25) is 0 Å². The lowest BCUT2D eigenvalue weighted by Crippen LogP contribution is -2.21. The molecule has 150 valence electrons. The van der Waals surface area contributed by atoms with E-state index in [4.69, 9.17) is 15.2 Å². The third-order valence-corrected chi connectivity index (χ3v) is 5.32. The summed E-state index contributed by atoms with van der Waals surface area (Å²) in [4.78, 5) is 0. The SMILES string of the molecule is N#CC1=C(N)Oc2cc(O)ccc2[C@@H]1c1cc(Br)ccc1OCc1ccccc1F. The second-order valence-electron chi connectivity index (χ2n) is 6.71. The van der Waals surface area contributed by atoms with Gasteiger partial charge >= 0.3 is 0 Å². The van der Waals surface area contributed by atoms with Crippen LogP contribution >= 0.6 is 15.9 Å². The van der Waals surface area contributed by atoms with Crippen molar-refractivity contribution in [1.29, 1.82) is 5.26 Å². The van der Waals surface area contributed by atoms with Crippen molar-refractivity contribution in [3.63, 3.8) is 0 Å². The van der Waals surface area contributed by atoms with Crippen molar-refractivity contribution in [3.8, 4) is 23.3 Å². The first-order chi connectivity index (χ1) is 14.5. The maximum atomic E-state index is 14.0. The second kappa shape index (κ2) is 8.09. The van der Waals surface area contributed by atoms with Crippen LogP contribution in [0.15, 0.2) is 76.6 Å². The van der Waals surface area contributed by atoms with E-state index in [0.29, 0.717) is 28.2 Å². The normalized spacial score (nSPS) is 15.2. The van der Waals surface area contributed by atoms with Crippen LogP contribution in [-0.2, 0) is 6.61 Å². The quantitative estimate of drug-likeness (QED) is 0.558. The molecule has 3 aromatic carbocycles. The molecule has 1 atom stereocenters. The van der Waals surface area contributed by atoms with Crippen molar-refractivity contribution in [2.75, 3.05) is 0 Å². The largest absolute Gasteiger partial charge is 0.508 e. The zero-order valence-corrected chi connectivity index (χ0v) is 17.2. The van der Waals surface area contributed by atoms with Gasteiger partial charge in [0.15, 0.2) is 0 Å². The molecule has 0 aromatic heterocycles. The molecular weight excluding hydrogens is 451 g/mol. The minimum Gasteiger partial charge on any atom is -0.508 e. The maximum absolute atomic E-state index is 14.0. The highest BCUT2D eigenvalue weighted by Gasteiger charge is 2.33. The molecule has 5 nitrogen and oxygen atoms in total. The van der Waals surface area contributed by atoms with Gasteiger partial charge in [0, 0.05) is 27.2 Å². The average Bonchev–Trinajstić information content (AvgIpc) is 2.72. The fraction of sp³-hybridized carbons (Fsp3) is 0.0870. The first kappa shape index (κ1) is 19.8. The summed E-state index contributed by atoms with van der Waals surface area (Å²) in [6.45, 7) is 0.0219. The van der Waals surface area contributed by atoms with Gasteiger partial charge in [-0.05, 0) is 30.3 Å². The molecule has 0 saturated heterocycles. The number of benzene rings is 3. The molecule has 0 radical (unpaired) electrons. The molecule has 30 heavy (non-hydrogen) atoms. The molecule has 1 aliphatic rings. The van der Waals surface area contributed by atoms with E-state index in [1.165, 1.54) is 18.2 Å². The number of hydrogen-bond donors (Lipinski definition) is 2. The summed E-state index contributed by atoms with van der Waals surface area (Å²) < 4.78 is 26.3. The lowest BCUT2D eigenvalue weighted by molar-refractivity contribution is 0.295. The Labute approximate surface area is 180 Å². The number of hydrogen-bond acceptors (Lipinski definition) is 5. The Hall–Kier alpha value is -3.50. The first-order valence-corrected chi connectivity index (χ1v) is 9.83. The van der Waals surface area contributed by atoms with Gasteiger partial charge in [0.25, 0.3) is 0 Å². The van der Waals surface area contributed by atoms with E-state index >= 15 is 0 Å². The molecule has 0 saturated carbocycles. The van der Waals surface area contributed by atoms with E-state index in [1.807, 2.05) is 6.07 Å². The minimum absolute atomic E-state index is 0.0194. The summed E-state index contributed by atoms with van der Waals surface area (Å²) >= 11 is 3.46. The second-order valence-corrected chi connectivity index (χ2v) is 7.62. The number of nitrogens with two attached hydrogens (primary N) is 1. The van der Waals surface area contributed by atoms with Crippen molar-refractivity contribution in [2.24, 2.45) is 5.73 Å². The average molecular weight is 467 g/mol. The van der Waals surface area contributed by atoms with Gasteiger partial charge in [0.2, 0.25) is 5.88 Å². The molecule has 7 heteroatoms. The predicted molar refractivity (Wildman–Crippen MR) is 112 cm³/mol. The summed E-state index contributed by atoms with van der Waals surface area (Å²) in [5.74, 6) is -0.117. The zero-order valence-electron chi connectivity index (χ0n) is 15.6. The summed E-state index contributed by atoms with van der Waals surface area (Å²) in [6.07, 6.45) is 0. The maximum Gasteiger partial charge on any atom is 0.205 e. The van der Waals surface area contributed by atoms with Crippen molar-refractivity contribution in [2.45, 2.75) is 12.5 Å². The van der Waals surface area contributed by atoms with E-state index < -0.39 is 5.92 Å². The number of nitrogens with zero attached hydrogens (tertiary/aromatic N) is 1. The Morgan fingerprint density at radius 2 is 1.93 bits per heavy atom. The van der Waals surface area contributed by atoms with Crippen LogP contribution in [0.5, 0.6) is 17.2 Å².